The van der Waals surface area contributed by atoms with E-state index in [0.717, 1.165) is 5.65 Å². The number of hydrogen-bond donors (Lipinski definition) is 0. The molecule has 0 amide bonds. The van der Waals surface area contributed by atoms with Crippen molar-refractivity contribution in [3.8, 4) is 0 Å². The van der Waals surface area contributed by atoms with Crippen LogP contribution in [0.1, 0.15) is 0 Å². The lowest BCUT2D eigenvalue weighted by atomic mass is 10.4. The fourth-order valence-electron chi connectivity index (χ4n) is 1.08. The summed E-state index contributed by atoms with van der Waals surface area (Å²) in [7, 11) is 1.69. The van der Waals surface area contributed by atoms with Crippen molar-refractivity contribution in [2.24, 2.45) is 7.05 Å². The molecular formula is C7H6IN3O. The van der Waals surface area contributed by atoms with E-state index in [9.17, 15) is 4.79 Å². The highest BCUT2D eigenvalue weighted by atomic mass is 127. The first kappa shape index (κ1) is 7.78. The summed E-state index contributed by atoms with van der Waals surface area (Å²) >= 11 is 2.09. The van der Waals surface area contributed by atoms with Crippen molar-refractivity contribution in [3.05, 3.63) is 28.9 Å². The monoisotopic (exact) mass is 275 g/mol. The smallest absolute Gasteiger partial charge is 0.262 e. The zero-order valence-electron chi connectivity index (χ0n) is 6.36. The molecule has 2 aromatic heterocycles. The number of halogens is 1. The van der Waals surface area contributed by atoms with Crippen molar-refractivity contribution in [1.29, 1.82) is 0 Å². The first-order chi connectivity index (χ1) is 5.70. The molecule has 62 valence electrons. The highest BCUT2D eigenvalue weighted by Crippen LogP contribution is 2.10. The highest BCUT2D eigenvalue weighted by molar-refractivity contribution is 14.1. The van der Waals surface area contributed by atoms with Gasteiger partial charge in [0, 0.05) is 13.2 Å². The van der Waals surface area contributed by atoms with E-state index in [1.165, 1.54) is 10.9 Å². The van der Waals surface area contributed by atoms with E-state index < -0.39 is 0 Å². The molecule has 0 unspecified atom stereocenters. The Morgan fingerprint density at radius 1 is 1.58 bits per heavy atom. The summed E-state index contributed by atoms with van der Waals surface area (Å²) in [6.45, 7) is 0. The minimum Gasteiger partial charge on any atom is -0.302 e. The standard InChI is InChI=1S/C7H6IN3O/c1-10-4-9-6-5(7(10)12)2-3-11(6)8/h2-4H,1H3. The van der Waals surface area contributed by atoms with Crippen LogP contribution in [0, 0.1) is 0 Å². The lowest BCUT2D eigenvalue weighted by molar-refractivity contribution is 0.841. The largest absolute Gasteiger partial charge is 0.302 e. The highest BCUT2D eigenvalue weighted by Gasteiger charge is 2.04. The first-order valence-electron chi connectivity index (χ1n) is 3.39. The normalized spacial score (nSPS) is 10.8. The summed E-state index contributed by atoms with van der Waals surface area (Å²) in [5.74, 6) is 0. The second-order valence-corrected chi connectivity index (χ2v) is 3.56. The SMILES string of the molecule is Cn1cnc2c(ccn2I)c1=O. The van der Waals surface area contributed by atoms with Crippen LogP contribution in [0.4, 0.5) is 0 Å². The lowest BCUT2D eigenvalue weighted by Gasteiger charge is -1.95. The molecule has 0 atom stereocenters. The third-order valence-corrected chi connectivity index (χ3v) is 2.50. The van der Waals surface area contributed by atoms with Crippen LogP contribution in [0.5, 0.6) is 0 Å². The van der Waals surface area contributed by atoms with Crippen LogP contribution in [-0.2, 0) is 7.05 Å². The van der Waals surface area contributed by atoms with Crippen LogP contribution in [0.2, 0.25) is 0 Å². The Balaban J connectivity index is 3.03. The molecule has 0 aliphatic carbocycles. The Kier molecular flexibility index (Phi) is 1.67. The van der Waals surface area contributed by atoms with Crippen molar-refractivity contribution in [3.63, 3.8) is 0 Å². The van der Waals surface area contributed by atoms with Crippen LogP contribution in [0.15, 0.2) is 23.4 Å². The molecule has 0 spiro atoms. The molecule has 5 heteroatoms. The summed E-state index contributed by atoms with van der Waals surface area (Å²) in [4.78, 5) is 15.6. The van der Waals surface area contributed by atoms with Crippen LogP contribution < -0.4 is 5.56 Å². The molecule has 0 N–H and O–H groups in total. The Bertz CT molecular complexity index is 485. The van der Waals surface area contributed by atoms with E-state index in [1.54, 1.807) is 15.9 Å². The Morgan fingerprint density at radius 2 is 2.33 bits per heavy atom. The number of hydrogen-bond acceptors (Lipinski definition) is 2. The second-order valence-electron chi connectivity index (χ2n) is 2.52. The van der Waals surface area contributed by atoms with E-state index in [1.807, 2.05) is 6.20 Å². The third kappa shape index (κ3) is 0.961. The average molecular weight is 275 g/mol. The third-order valence-electron chi connectivity index (χ3n) is 1.72. The van der Waals surface area contributed by atoms with Crippen LogP contribution in [0.25, 0.3) is 11.0 Å². The minimum atomic E-state index is -0.00424. The predicted molar refractivity (Wildman–Crippen MR) is 54.4 cm³/mol. The van der Waals surface area contributed by atoms with Crippen molar-refractivity contribution in [2.75, 3.05) is 0 Å². The van der Waals surface area contributed by atoms with Gasteiger partial charge in [0.15, 0.2) is 5.65 Å². The van der Waals surface area contributed by atoms with E-state index in [-0.39, 0.29) is 5.56 Å². The fraction of sp³-hybridized carbons (Fsp3) is 0.143. The van der Waals surface area contributed by atoms with Crippen molar-refractivity contribution >= 4 is 33.9 Å². The molecule has 0 aliphatic heterocycles. The topological polar surface area (TPSA) is 39.8 Å². The molecule has 0 aromatic carbocycles. The van der Waals surface area contributed by atoms with Gasteiger partial charge in [-0.25, -0.2) is 4.98 Å². The summed E-state index contributed by atoms with van der Waals surface area (Å²) in [6.07, 6.45) is 3.35. The summed E-state index contributed by atoms with van der Waals surface area (Å²) in [6, 6.07) is 1.77. The van der Waals surface area contributed by atoms with Gasteiger partial charge in [0.25, 0.3) is 5.56 Å². The molecule has 0 aliphatic rings. The van der Waals surface area contributed by atoms with Crippen LogP contribution >= 0.6 is 22.9 Å². The molecule has 0 saturated heterocycles. The van der Waals surface area contributed by atoms with Crippen molar-refractivity contribution in [1.82, 2.24) is 12.3 Å². The zero-order valence-corrected chi connectivity index (χ0v) is 8.52. The number of rotatable bonds is 0. The summed E-state index contributed by atoms with van der Waals surface area (Å²) < 4.78 is 3.27. The van der Waals surface area contributed by atoms with Gasteiger partial charge >= 0.3 is 0 Å². The van der Waals surface area contributed by atoms with E-state index in [4.69, 9.17) is 0 Å². The van der Waals surface area contributed by atoms with Crippen molar-refractivity contribution < 1.29 is 0 Å². The Hall–Kier alpha value is -0.850. The van der Waals surface area contributed by atoms with Gasteiger partial charge in [0.1, 0.15) is 0 Å². The molecular weight excluding hydrogens is 269 g/mol. The van der Waals surface area contributed by atoms with Gasteiger partial charge in [-0.15, -0.1) is 0 Å². The molecule has 2 aromatic rings. The van der Waals surface area contributed by atoms with E-state index in [0.29, 0.717) is 5.39 Å². The van der Waals surface area contributed by atoms with Gasteiger partial charge in [0.05, 0.1) is 34.6 Å². The molecule has 12 heavy (non-hydrogen) atoms. The van der Waals surface area contributed by atoms with Gasteiger partial charge in [-0.05, 0) is 6.07 Å². The van der Waals surface area contributed by atoms with Gasteiger partial charge in [0.2, 0.25) is 0 Å². The predicted octanol–water partition coefficient (Wildman–Crippen LogP) is 0.933. The molecule has 2 heterocycles. The average Bonchev–Trinajstić information content (AvgIpc) is 2.41. The Labute approximate surface area is 82.3 Å². The molecule has 0 saturated carbocycles. The van der Waals surface area contributed by atoms with Gasteiger partial charge < -0.3 is 4.57 Å². The molecule has 4 nitrogen and oxygen atoms in total. The van der Waals surface area contributed by atoms with E-state index in [2.05, 4.69) is 27.8 Å². The second kappa shape index (κ2) is 2.58. The van der Waals surface area contributed by atoms with Crippen LogP contribution in [0.3, 0.4) is 0 Å². The van der Waals surface area contributed by atoms with Gasteiger partial charge in [-0.2, -0.15) is 0 Å². The maximum atomic E-state index is 11.4. The summed E-state index contributed by atoms with van der Waals surface area (Å²) in [5, 5.41) is 0.661. The molecule has 0 bridgehead atoms. The quantitative estimate of drug-likeness (QED) is 0.671. The maximum Gasteiger partial charge on any atom is 0.262 e. The zero-order chi connectivity index (χ0) is 8.72. The summed E-state index contributed by atoms with van der Waals surface area (Å²) in [5.41, 5.74) is 0.717. The number of fused-ring (bicyclic) bond motifs is 1. The van der Waals surface area contributed by atoms with Gasteiger partial charge in [-0.3, -0.25) is 7.58 Å². The lowest BCUT2D eigenvalue weighted by Crippen LogP contribution is -2.16. The number of nitrogens with zero attached hydrogens (tertiary/aromatic N) is 3. The maximum absolute atomic E-state index is 11.4. The number of aryl methyl sites for hydroxylation is 1. The number of aromatic nitrogens is 3. The van der Waals surface area contributed by atoms with Crippen molar-refractivity contribution in [2.45, 2.75) is 0 Å². The van der Waals surface area contributed by atoms with Crippen LogP contribution in [-0.4, -0.2) is 12.3 Å². The Morgan fingerprint density at radius 3 is 3.08 bits per heavy atom. The molecule has 0 radical (unpaired) electrons. The first-order valence-corrected chi connectivity index (χ1v) is 4.35. The fourth-order valence-corrected chi connectivity index (χ4v) is 1.62. The molecule has 2 rings (SSSR count). The minimum absolute atomic E-state index is 0.00424. The molecule has 0 fully saturated rings. The van der Waals surface area contributed by atoms with Gasteiger partial charge in [-0.1, -0.05) is 0 Å². The van der Waals surface area contributed by atoms with E-state index >= 15 is 0 Å².